The molecule has 0 aliphatic rings. The van der Waals surface area contributed by atoms with Crippen molar-refractivity contribution >= 4 is 12.0 Å². The lowest BCUT2D eigenvalue weighted by molar-refractivity contribution is -0.270. The molecule has 4 nitrogen and oxygen atoms in total. The number of aliphatic hydroxyl groups excluding tert-OH is 1. The molecule has 0 saturated heterocycles. The summed E-state index contributed by atoms with van der Waals surface area (Å²) in [4.78, 5) is 10.2. The molecule has 74 valence electrons. The maximum absolute atomic E-state index is 11.0. The highest BCUT2D eigenvalue weighted by molar-refractivity contribution is 5.85. The Hall–Kier alpha value is -1.81. The van der Waals surface area contributed by atoms with Gasteiger partial charge in [-0.2, -0.15) is 0 Å². The summed E-state index contributed by atoms with van der Waals surface area (Å²) in [6.07, 6.45) is 2.34. The van der Waals surface area contributed by atoms with Gasteiger partial charge in [0, 0.05) is 6.08 Å². The maximum atomic E-state index is 11.0. The zero-order valence-electron chi connectivity index (χ0n) is 7.30. The average Bonchev–Trinajstić information content (AvgIpc) is 2.16. The van der Waals surface area contributed by atoms with Gasteiger partial charge in [-0.1, -0.05) is 18.2 Å². The minimum Gasteiger partial charge on any atom is -0.872 e. The van der Waals surface area contributed by atoms with E-state index < -0.39 is 5.97 Å². The molecule has 0 unspecified atom stereocenters. The average molecular weight is 193 g/mol. The lowest BCUT2D eigenvalue weighted by Gasteiger charge is -2.11. The Balaban J connectivity index is 2.95. The summed E-state index contributed by atoms with van der Waals surface area (Å²) in [6, 6.07) is 4.26. The quantitative estimate of drug-likeness (QED) is 0.679. The van der Waals surface area contributed by atoms with Crippen LogP contribution in [0.1, 0.15) is 11.1 Å². The van der Waals surface area contributed by atoms with Gasteiger partial charge in [0.2, 0.25) is 0 Å². The summed E-state index contributed by atoms with van der Waals surface area (Å²) in [5.74, 6) is -1.30. The standard InChI is InChI=1S/C10H10O4/c11-6-8-5-7(1-3-9(8)12)2-4-10(13)14/h1-5,11-12H,6H2,(H,13,14)/p-1/b4-2+. The van der Waals surface area contributed by atoms with Crippen molar-refractivity contribution < 1.29 is 20.1 Å². The largest absolute Gasteiger partial charge is 0.872 e. The van der Waals surface area contributed by atoms with E-state index in [0.717, 1.165) is 6.08 Å². The monoisotopic (exact) mass is 193 g/mol. The van der Waals surface area contributed by atoms with Crippen molar-refractivity contribution in [3.63, 3.8) is 0 Å². The summed E-state index contributed by atoms with van der Waals surface area (Å²) < 4.78 is 0. The molecule has 0 heterocycles. The number of hydrogen-bond acceptors (Lipinski definition) is 3. The third kappa shape index (κ3) is 2.60. The molecular weight excluding hydrogens is 184 g/mol. The van der Waals surface area contributed by atoms with Gasteiger partial charge in [0.05, 0.1) is 6.61 Å². The molecule has 0 aromatic heterocycles. The molecule has 1 rings (SSSR count). The number of aliphatic hydroxyl groups is 1. The molecule has 2 N–H and O–H groups in total. The van der Waals surface area contributed by atoms with Crippen molar-refractivity contribution in [2.45, 2.75) is 6.61 Å². The third-order valence-corrected chi connectivity index (χ3v) is 1.67. The van der Waals surface area contributed by atoms with Crippen LogP contribution < -0.4 is 5.11 Å². The topological polar surface area (TPSA) is 80.6 Å². The second kappa shape index (κ2) is 4.43. The van der Waals surface area contributed by atoms with Gasteiger partial charge in [-0.15, -0.1) is 5.75 Å². The first kappa shape index (κ1) is 10.3. The van der Waals surface area contributed by atoms with Crippen LogP contribution in [0.15, 0.2) is 24.3 Å². The minimum absolute atomic E-state index is 0.250. The molecule has 14 heavy (non-hydrogen) atoms. The molecular formula is C10H9O4-. The summed E-state index contributed by atoms with van der Waals surface area (Å²) >= 11 is 0. The summed E-state index contributed by atoms with van der Waals surface area (Å²) in [7, 11) is 0. The zero-order valence-corrected chi connectivity index (χ0v) is 7.30. The molecule has 0 atom stereocenters. The van der Waals surface area contributed by atoms with E-state index in [9.17, 15) is 9.90 Å². The van der Waals surface area contributed by atoms with Gasteiger partial charge >= 0.3 is 5.97 Å². The van der Waals surface area contributed by atoms with E-state index in [-0.39, 0.29) is 17.9 Å². The number of rotatable bonds is 3. The summed E-state index contributed by atoms with van der Waals surface area (Å²) in [6.45, 7) is -0.340. The van der Waals surface area contributed by atoms with Crippen LogP contribution in [-0.4, -0.2) is 16.2 Å². The number of carboxylic acids is 1. The van der Waals surface area contributed by atoms with Crippen LogP contribution in [0.2, 0.25) is 0 Å². The lowest BCUT2D eigenvalue weighted by Crippen LogP contribution is -1.97. The van der Waals surface area contributed by atoms with Gasteiger partial charge in [-0.25, -0.2) is 4.79 Å². The number of benzene rings is 1. The van der Waals surface area contributed by atoms with Crippen molar-refractivity contribution in [1.29, 1.82) is 0 Å². The van der Waals surface area contributed by atoms with Crippen LogP contribution in [0.5, 0.6) is 5.75 Å². The van der Waals surface area contributed by atoms with Crippen molar-refractivity contribution in [3.8, 4) is 5.75 Å². The molecule has 4 heteroatoms. The Labute approximate surface area is 80.7 Å². The van der Waals surface area contributed by atoms with Crippen LogP contribution in [-0.2, 0) is 11.4 Å². The van der Waals surface area contributed by atoms with E-state index >= 15 is 0 Å². The van der Waals surface area contributed by atoms with E-state index in [1.54, 1.807) is 0 Å². The first-order valence-corrected chi connectivity index (χ1v) is 3.95. The molecule has 0 amide bonds. The van der Waals surface area contributed by atoms with Crippen LogP contribution in [0.4, 0.5) is 0 Å². The molecule has 0 fully saturated rings. The Morgan fingerprint density at radius 3 is 2.79 bits per heavy atom. The highest BCUT2D eigenvalue weighted by Crippen LogP contribution is 2.16. The minimum atomic E-state index is -1.05. The van der Waals surface area contributed by atoms with Crippen LogP contribution in [0.25, 0.3) is 6.08 Å². The second-order valence-corrected chi connectivity index (χ2v) is 2.70. The first-order valence-electron chi connectivity index (χ1n) is 3.95. The molecule has 0 radical (unpaired) electrons. The third-order valence-electron chi connectivity index (χ3n) is 1.67. The van der Waals surface area contributed by atoms with Crippen molar-refractivity contribution in [3.05, 3.63) is 35.4 Å². The van der Waals surface area contributed by atoms with E-state index in [0.29, 0.717) is 5.56 Å². The van der Waals surface area contributed by atoms with Crippen molar-refractivity contribution in [2.24, 2.45) is 0 Å². The molecule has 0 bridgehead atoms. The smallest absolute Gasteiger partial charge is 0.328 e. The van der Waals surface area contributed by atoms with Crippen LogP contribution in [0.3, 0.4) is 0 Å². The number of aliphatic carboxylic acids is 1. The molecule has 1 aromatic carbocycles. The van der Waals surface area contributed by atoms with E-state index in [1.165, 1.54) is 24.3 Å². The number of carboxylic acid groups (broad SMARTS) is 1. The van der Waals surface area contributed by atoms with Crippen LogP contribution in [0, 0.1) is 0 Å². The molecule has 0 aliphatic heterocycles. The highest BCUT2D eigenvalue weighted by atomic mass is 16.4. The second-order valence-electron chi connectivity index (χ2n) is 2.70. The fourth-order valence-electron chi connectivity index (χ4n) is 0.994. The highest BCUT2D eigenvalue weighted by Gasteiger charge is 1.94. The van der Waals surface area contributed by atoms with E-state index in [2.05, 4.69) is 0 Å². The Morgan fingerprint density at radius 1 is 1.50 bits per heavy atom. The number of carbonyl (C=O) groups is 1. The zero-order chi connectivity index (χ0) is 10.6. The molecule has 0 spiro atoms. The predicted molar refractivity (Wildman–Crippen MR) is 48.5 cm³/mol. The van der Waals surface area contributed by atoms with Crippen molar-refractivity contribution in [1.82, 2.24) is 0 Å². The van der Waals surface area contributed by atoms with Crippen molar-refractivity contribution in [2.75, 3.05) is 0 Å². The van der Waals surface area contributed by atoms with E-state index in [4.69, 9.17) is 10.2 Å². The van der Waals surface area contributed by atoms with Gasteiger partial charge in [-0.05, 0) is 17.2 Å². The predicted octanol–water partition coefficient (Wildman–Crippen LogP) is 0.350. The van der Waals surface area contributed by atoms with E-state index in [1.807, 2.05) is 0 Å². The van der Waals surface area contributed by atoms with Gasteiger partial charge in [0.1, 0.15) is 0 Å². The van der Waals surface area contributed by atoms with Gasteiger partial charge in [0.15, 0.2) is 0 Å². The molecule has 1 aromatic rings. The molecule has 0 saturated carbocycles. The fourth-order valence-corrected chi connectivity index (χ4v) is 0.994. The molecule has 0 aliphatic carbocycles. The lowest BCUT2D eigenvalue weighted by atomic mass is 10.1. The maximum Gasteiger partial charge on any atom is 0.328 e. The van der Waals surface area contributed by atoms with Crippen LogP contribution >= 0.6 is 0 Å². The fraction of sp³-hybridized carbons (Fsp3) is 0.100. The Bertz CT molecular complexity index is 368. The Morgan fingerprint density at radius 2 is 2.21 bits per heavy atom. The van der Waals surface area contributed by atoms with Gasteiger partial charge in [-0.3, -0.25) is 0 Å². The van der Waals surface area contributed by atoms with Gasteiger partial charge < -0.3 is 15.3 Å². The SMILES string of the molecule is O=C(O)/C=C/c1ccc([O-])c(CO)c1. The first-order chi connectivity index (χ1) is 6.63. The summed E-state index contributed by atoms with van der Waals surface area (Å²) in [5.41, 5.74) is 0.841. The number of hydrogen-bond donors (Lipinski definition) is 2. The normalized spacial score (nSPS) is 10.6. The van der Waals surface area contributed by atoms with Gasteiger partial charge in [0.25, 0.3) is 0 Å². The Kier molecular flexibility index (Phi) is 3.25. The summed E-state index contributed by atoms with van der Waals surface area (Å²) in [5, 5.41) is 28.2.